The molecule has 0 aromatic heterocycles. The molecule has 1 aromatic carbocycles. The van der Waals surface area contributed by atoms with Crippen LogP contribution in [0, 0.1) is 5.92 Å². The Morgan fingerprint density at radius 1 is 1.19 bits per heavy atom. The highest BCUT2D eigenvalue weighted by Gasteiger charge is 2.28. The molecule has 1 aromatic rings. The Morgan fingerprint density at radius 3 is 2.50 bits per heavy atom. The molecule has 1 aliphatic heterocycles. The number of alkyl halides is 4. The van der Waals surface area contributed by atoms with Crippen LogP contribution in [-0.4, -0.2) is 48.3 Å². The SMILES string of the molecule is O=C(O)C1CCCN(C(=O)Nc2ccc(OC(F)F)cc2OC(F)F)C1. The molecule has 26 heavy (non-hydrogen) atoms. The van der Waals surface area contributed by atoms with Crippen LogP contribution in [0.4, 0.5) is 28.0 Å². The zero-order chi connectivity index (χ0) is 19.3. The first kappa shape index (κ1) is 19.6. The Kier molecular flexibility index (Phi) is 6.47. The predicted octanol–water partition coefficient (Wildman–Crippen LogP) is 3.22. The van der Waals surface area contributed by atoms with Crippen LogP contribution in [0.15, 0.2) is 18.2 Å². The summed E-state index contributed by atoms with van der Waals surface area (Å²) in [6, 6.07) is 2.21. The maximum Gasteiger partial charge on any atom is 0.387 e. The molecule has 0 aliphatic carbocycles. The third-order valence-corrected chi connectivity index (χ3v) is 3.69. The molecule has 1 unspecified atom stereocenters. The summed E-state index contributed by atoms with van der Waals surface area (Å²) >= 11 is 0. The van der Waals surface area contributed by atoms with E-state index in [0.717, 1.165) is 18.2 Å². The van der Waals surface area contributed by atoms with Crippen LogP contribution >= 0.6 is 0 Å². The second-order valence-electron chi connectivity index (χ2n) is 5.47. The van der Waals surface area contributed by atoms with E-state index < -0.39 is 42.6 Å². The highest BCUT2D eigenvalue weighted by atomic mass is 19.3. The van der Waals surface area contributed by atoms with Crippen molar-refractivity contribution in [3.63, 3.8) is 0 Å². The van der Waals surface area contributed by atoms with Crippen molar-refractivity contribution < 1.29 is 41.7 Å². The minimum atomic E-state index is -3.25. The van der Waals surface area contributed by atoms with Crippen molar-refractivity contribution in [3.05, 3.63) is 18.2 Å². The van der Waals surface area contributed by atoms with Gasteiger partial charge in [0.1, 0.15) is 5.75 Å². The monoisotopic (exact) mass is 380 g/mol. The van der Waals surface area contributed by atoms with Crippen LogP contribution in [0.25, 0.3) is 0 Å². The number of aliphatic carboxylic acids is 1. The summed E-state index contributed by atoms with van der Waals surface area (Å²) in [5.74, 6) is -2.72. The van der Waals surface area contributed by atoms with E-state index in [0.29, 0.717) is 19.4 Å². The first-order chi connectivity index (χ1) is 12.3. The summed E-state index contributed by atoms with van der Waals surface area (Å²) < 4.78 is 57.9. The van der Waals surface area contributed by atoms with E-state index in [1.807, 2.05) is 0 Å². The maximum absolute atomic E-state index is 12.5. The second-order valence-corrected chi connectivity index (χ2v) is 5.47. The largest absolute Gasteiger partial charge is 0.481 e. The molecule has 2 N–H and O–H groups in total. The Morgan fingerprint density at radius 2 is 1.88 bits per heavy atom. The van der Waals surface area contributed by atoms with Gasteiger partial charge in [0, 0.05) is 19.2 Å². The zero-order valence-corrected chi connectivity index (χ0v) is 13.3. The lowest BCUT2D eigenvalue weighted by Crippen LogP contribution is -2.44. The number of nitrogens with zero attached hydrogens (tertiary/aromatic N) is 1. The molecule has 1 saturated heterocycles. The molecule has 11 heteroatoms. The van der Waals surface area contributed by atoms with Gasteiger partial charge in [-0.15, -0.1) is 0 Å². The van der Waals surface area contributed by atoms with Crippen molar-refractivity contribution >= 4 is 17.7 Å². The lowest BCUT2D eigenvalue weighted by atomic mass is 9.99. The van der Waals surface area contributed by atoms with Gasteiger partial charge in [0.15, 0.2) is 5.75 Å². The number of nitrogens with one attached hydrogen (secondary N) is 1. The predicted molar refractivity (Wildman–Crippen MR) is 80.7 cm³/mol. The van der Waals surface area contributed by atoms with E-state index in [9.17, 15) is 27.2 Å². The quantitative estimate of drug-likeness (QED) is 0.740. The molecular weight excluding hydrogens is 364 g/mol. The first-order valence-corrected chi connectivity index (χ1v) is 7.58. The van der Waals surface area contributed by atoms with Gasteiger partial charge in [0.25, 0.3) is 0 Å². The molecule has 1 aliphatic rings. The summed E-state index contributed by atoms with van der Waals surface area (Å²) in [4.78, 5) is 24.5. The van der Waals surface area contributed by atoms with Crippen LogP contribution in [0.1, 0.15) is 12.8 Å². The van der Waals surface area contributed by atoms with Gasteiger partial charge in [0.2, 0.25) is 0 Å². The minimum absolute atomic E-state index is 0.0290. The van der Waals surface area contributed by atoms with Gasteiger partial charge in [-0.1, -0.05) is 0 Å². The lowest BCUT2D eigenvalue weighted by molar-refractivity contribution is -0.143. The van der Waals surface area contributed by atoms with Crippen LogP contribution in [0.3, 0.4) is 0 Å². The van der Waals surface area contributed by atoms with E-state index in [1.165, 1.54) is 4.90 Å². The van der Waals surface area contributed by atoms with Crippen molar-refractivity contribution in [1.82, 2.24) is 4.90 Å². The van der Waals surface area contributed by atoms with E-state index >= 15 is 0 Å². The van der Waals surface area contributed by atoms with Gasteiger partial charge in [-0.25, -0.2) is 4.79 Å². The summed E-state index contributed by atoms with van der Waals surface area (Å²) in [7, 11) is 0. The fourth-order valence-electron chi connectivity index (χ4n) is 2.53. The molecular formula is C15H16F4N2O5. The smallest absolute Gasteiger partial charge is 0.387 e. The Balaban J connectivity index is 2.13. The van der Waals surface area contributed by atoms with Crippen molar-refractivity contribution in [2.75, 3.05) is 18.4 Å². The van der Waals surface area contributed by atoms with Gasteiger partial charge in [-0.3, -0.25) is 4.79 Å². The van der Waals surface area contributed by atoms with Crippen LogP contribution in [-0.2, 0) is 4.79 Å². The number of piperidine rings is 1. The van der Waals surface area contributed by atoms with Gasteiger partial charge in [-0.2, -0.15) is 17.6 Å². The Labute approximate surface area is 145 Å². The highest BCUT2D eigenvalue weighted by molar-refractivity contribution is 5.91. The maximum atomic E-state index is 12.5. The number of carboxylic acids is 1. The van der Waals surface area contributed by atoms with Crippen LogP contribution in [0.2, 0.25) is 0 Å². The fraction of sp³-hybridized carbons (Fsp3) is 0.467. The molecule has 0 saturated carbocycles. The number of benzene rings is 1. The molecule has 1 atom stereocenters. The van der Waals surface area contributed by atoms with Gasteiger partial charge < -0.3 is 24.8 Å². The van der Waals surface area contributed by atoms with E-state index in [-0.39, 0.29) is 12.2 Å². The molecule has 0 spiro atoms. The number of urea groups is 1. The van der Waals surface area contributed by atoms with Crippen molar-refractivity contribution in [2.45, 2.75) is 26.1 Å². The molecule has 2 rings (SSSR count). The molecule has 0 radical (unpaired) electrons. The van der Waals surface area contributed by atoms with Gasteiger partial charge in [0.05, 0.1) is 11.6 Å². The number of likely N-dealkylation sites (tertiary alicyclic amines) is 1. The normalized spacial score (nSPS) is 17.3. The summed E-state index contributed by atoms with van der Waals surface area (Å²) in [6.07, 6.45) is 0.907. The van der Waals surface area contributed by atoms with Crippen molar-refractivity contribution in [1.29, 1.82) is 0 Å². The molecule has 0 bridgehead atoms. The van der Waals surface area contributed by atoms with Gasteiger partial charge >= 0.3 is 25.2 Å². The number of ether oxygens (including phenoxy) is 2. The molecule has 7 nitrogen and oxygen atoms in total. The fourth-order valence-corrected chi connectivity index (χ4v) is 2.53. The zero-order valence-electron chi connectivity index (χ0n) is 13.3. The molecule has 1 fully saturated rings. The number of hydrogen-bond acceptors (Lipinski definition) is 4. The molecule has 144 valence electrons. The number of rotatable bonds is 6. The number of carbonyl (C=O) groups is 2. The van der Waals surface area contributed by atoms with E-state index in [4.69, 9.17) is 5.11 Å². The summed E-state index contributed by atoms with van der Waals surface area (Å²) in [5, 5.41) is 11.4. The summed E-state index contributed by atoms with van der Waals surface area (Å²) in [6.45, 7) is -6.14. The van der Waals surface area contributed by atoms with E-state index in [2.05, 4.69) is 14.8 Å². The number of halogens is 4. The van der Waals surface area contributed by atoms with Crippen LogP contribution < -0.4 is 14.8 Å². The van der Waals surface area contributed by atoms with Gasteiger partial charge in [-0.05, 0) is 25.0 Å². The van der Waals surface area contributed by atoms with Crippen molar-refractivity contribution in [3.8, 4) is 11.5 Å². The number of anilines is 1. The number of hydrogen-bond donors (Lipinski definition) is 2. The minimum Gasteiger partial charge on any atom is -0.481 e. The Bertz CT molecular complexity index is 659. The molecule has 1 heterocycles. The summed E-state index contributed by atoms with van der Waals surface area (Å²) in [5.41, 5.74) is -0.186. The number of carboxylic acid groups (broad SMARTS) is 1. The third kappa shape index (κ3) is 5.39. The Hall–Kier alpha value is -2.72. The lowest BCUT2D eigenvalue weighted by Gasteiger charge is -2.30. The van der Waals surface area contributed by atoms with Crippen LogP contribution in [0.5, 0.6) is 11.5 Å². The first-order valence-electron chi connectivity index (χ1n) is 7.58. The second kappa shape index (κ2) is 8.59. The molecule has 2 amide bonds. The highest BCUT2D eigenvalue weighted by Crippen LogP contribution is 2.32. The topological polar surface area (TPSA) is 88.1 Å². The standard InChI is InChI=1S/C15H16F4N2O5/c16-13(17)25-9-3-4-10(11(6-9)26-14(18)19)20-15(24)21-5-1-2-8(7-21)12(22)23/h3-4,6,8,13-14H,1-2,5,7H2,(H,20,24)(H,22,23). The average Bonchev–Trinajstić information content (AvgIpc) is 2.56. The number of amides is 2. The number of carbonyl (C=O) groups excluding carboxylic acids is 1. The third-order valence-electron chi connectivity index (χ3n) is 3.69. The van der Waals surface area contributed by atoms with Crippen molar-refractivity contribution in [2.24, 2.45) is 5.92 Å². The average molecular weight is 380 g/mol. The van der Waals surface area contributed by atoms with E-state index in [1.54, 1.807) is 0 Å².